The molecule has 6 heteroatoms. The fourth-order valence-electron chi connectivity index (χ4n) is 4.27. The molecule has 2 heterocycles. The number of halogens is 1. The summed E-state index contributed by atoms with van der Waals surface area (Å²) in [5.41, 5.74) is 1.22. The van der Waals surface area contributed by atoms with Crippen molar-refractivity contribution in [1.82, 2.24) is 10.2 Å². The number of likely N-dealkylation sites (tertiary alicyclic amines) is 1. The summed E-state index contributed by atoms with van der Waals surface area (Å²) in [5.74, 6) is 3.57. The molecule has 0 saturated carbocycles. The van der Waals surface area contributed by atoms with Crippen molar-refractivity contribution in [3.8, 4) is 11.5 Å². The highest BCUT2D eigenvalue weighted by Gasteiger charge is 2.34. The van der Waals surface area contributed by atoms with Crippen LogP contribution in [0.4, 0.5) is 0 Å². The Balaban J connectivity index is 0.00000225. The third-order valence-electron chi connectivity index (χ3n) is 5.75. The summed E-state index contributed by atoms with van der Waals surface area (Å²) in [6, 6.07) is 6.06. The summed E-state index contributed by atoms with van der Waals surface area (Å²) in [6.07, 6.45) is 2.45. The highest BCUT2D eigenvalue weighted by Crippen LogP contribution is 2.33. The van der Waals surface area contributed by atoms with Crippen molar-refractivity contribution in [2.24, 2.45) is 17.8 Å². The monoisotopic (exact) mass is 370 g/mol. The molecule has 0 aromatic heterocycles. The summed E-state index contributed by atoms with van der Waals surface area (Å²) in [5, 5.41) is 13.0. The third-order valence-corrected chi connectivity index (χ3v) is 5.75. The van der Waals surface area contributed by atoms with Crippen LogP contribution < -0.4 is 14.8 Å². The van der Waals surface area contributed by atoms with E-state index in [9.17, 15) is 5.11 Å². The highest BCUT2D eigenvalue weighted by atomic mass is 35.5. The first-order chi connectivity index (χ1) is 11.7. The average molecular weight is 371 g/mol. The smallest absolute Gasteiger partial charge is 0.127 e. The van der Waals surface area contributed by atoms with Crippen LogP contribution in [0.1, 0.15) is 18.4 Å². The summed E-state index contributed by atoms with van der Waals surface area (Å²) in [6.45, 7) is 5.53. The van der Waals surface area contributed by atoms with Crippen molar-refractivity contribution >= 4 is 12.4 Å². The first-order valence-corrected chi connectivity index (χ1v) is 9.00. The van der Waals surface area contributed by atoms with Gasteiger partial charge in [0.2, 0.25) is 0 Å². The van der Waals surface area contributed by atoms with Gasteiger partial charge in [-0.2, -0.15) is 0 Å². The normalized spacial score (nSPS) is 24.8. The molecule has 1 aromatic carbocycles. The number of rotatable bonds is 6. The van der Waals surface area contributed by atoms with Gasteiger partial charge >= 0.3 is 0 Å². The molecule has 0 aliphatic carbocycles. The Kier molecular flexibility index (Phi) is 7.81. The number of ether oxygens (including phenoxy) is 2. The molecule has 0 bridgehead atoms. The Hall–Kier alpha value is -1.01. The zero-order valence-electron chi connectivity index (χ0n) is 15.2. The van der Waals surface area contributed by atoms with Gasteiger partial charge in [-0.25, -0.2) is 0 Å². The zero-order chi connectivity index (χ0) is 16.9. The number of benzene rings is 1. The lowest BCUT2D eigenvalue weighted by Crippen LogP contribution is -2.38. The molecule has 2 fully saturated rings. The van der Waals surface area contributed by atoms with Gasteiger partial charge in [0.25, 0.3) is 0 Å². The van der Waals surface area contributed by atoms with E-state index < -0.39 is 0 Å². The van der Waals surface area contributed by atoms with Gasteiger partial charge < -0.3 is 19.9 Å². The maximum absolute atomic E-state index is 9.54. The van der Waals surface area contributed by atoms with Gasteiger partial charge in [0.1, 0.15) is 11.5 Å². The van der Waals surface area contributed by atoms with E-state index in [-0.39, 0.29) is 12.4 Å². The number of aliphatic hydroxyl groups is 1. The lowest BCUT2D eigenvalue weighted by molar-refractivity contribution is 0.108. The van der Waals surface area contributed by atoms with Crippen molar-refractivity contribution in [2.45, 2.75) is 19.4 Å². The predicted molar refractivity (Wildman–Crippen MR) is 102 cm³/mol. The summed E-state index contributed by atoms with van der Waals surface area (Å²) in [4.78, 5) is 2.51. The molecule has 2 aliphatic heterocycles. The van der Waals surface area contributed by atoms with E-state index in [1.165, 1.54) is 18.4 Å². The van der Waals surface area contributed by atoms with E-state index in [0.717, 1.165) is 50.1 Å². The van der Waals surface area contributed by atoms with Gasteiger partial charge in [-0.15, -0.1) is 12.4 Å². The summed E-state index contributed by atoms with van der Waals surface area (Å²) < 4.78 is 10.8. The fourth-order valence-corrected chi connectivity index (χ4v) is 4.27. The maximum atomic E-state index is 9.54. The standard InChI is InChI=1S/C19H30N2O3.ClH/c1-23-17-4-3-15(19(9-17)24-2)12-21-7-5-14(6-8-21)18-11-20-10-16(18)13-22;/h3-4,9,14,16,18,20,22H,5-8,10-13H2,1-2H3;1H/t16-,18-;/m0./s1. The molecule has 0 unspecified atom stereocenters. The van der Waals surface area contributed by atoms with Crippen LogP contribution in [0.3, 0.4) is 0 Å². The second kappa shape index (κ2) is 9.62. The van der Waals surface area contributed by atoms with Crippen molar-refractivity contribution in [1.29, 1.82) is 0 Å². The Morgan fingerprint density at radius 2 is 1.92 bits per heavy atom. The molecule has 5 nitrogen and oxygen atoms in total. The van der Waals surface area contributed by atoms with Gasteiger partial charge in [-0.1, -0.05) is 6.07 Å². The molecule has 2 aliphatic rings. The quantitative estimate of drug-likeness (QED) is 0.803. The molecule has 2 saturated heterocycles. The minimum atomic E-state index is 0. The lowest BCUT2D eigenvalue weighted by Gasteiger charge is -2.36. The summed E-state index contributed by atoms with van der Waals surface area (Å²) >= 11 is 0. The van der Waals surface area contributed by atoms with Crippen molar-refractivity contribution in [3.05, 3.63) is 23.8 Å². The number of nitrogens with one attached hydrogen (secondary N) is 1. The Morgan fingerprint density at radius 1 is 1.16 bits per heavy atom. The molecule has 25 heavy (non-hydrogen) atoms. The Bertz CT molecular complexity index is 535. The predicted octanol–water partition coefficient (Wildman–Crippen LogP) is 2.17. The van der Waals surface area contributed by atoms with Gasteiger partial charge in [-0.3, -0.25) is 4.90 Å². The number of methoxy groups -OCH3 is 2. The molecule has 2 N–H and O–H groups in total. The topological polar surface area (TPSA) is 54.0 Å². The van der Waals surface area contributed by atoms with Crippen LogP contribution in [0, 0.1) is 17.8 Å². The van der Waals surface area contributed by atoms with Gasteiger partial charge in [0.15, 0.2) is 0 Å². The molecule has 142 valence electrons. The molecular weight excluding hydrogens is 340 g/mol. The van der Waals surface area contributed by atoms with E-state index in [1.54, 1.807) is 14.2 Å². The van der Waals surface area contributed by atoms with E-state index >= 15 is 0 Å². The summed E-state index contributed by atoms with van der Waals surface area (Å²) in [7, 11) is 3.39. The van der Waals surface area contributed by atoms with Crippen molar-refractivity contribution < 1.29 is 14.6 Å². The van der Waals surface area contributed by atoms with Crippen LogP contribution >= 0.6 is 12.4 Å². The highest BCUT2D eigenvalue weighted by molar-refractivity contribution is 5.85. The molecule has 0 spiro atoms. The van der Waals surface area contributed by atoms with Crippen LogP contribution in [-0.4, -0.2) is 57.0 Å². The second-order valence-corrected chi connectivity index (χ2v) is 7.06. The average Bonchev–Trinajstić information content (AvgIpc) is 3.11. The molecule has 0 radical (unpaired) electrons. The number of hydrogen-bond donors (Lipinski definition) is 2. The van der Waals surface area contributed by atoms with Gasteiger partial charge in [0, 0.05) is 31.3 Å². The van der Waals surface area contributed by atoms with E-state index in [2.05, 4.69) is 16.3 Å². The third kappa shape index (κ3) is 4.79. The SMILES string of the molecule is COc1ccc(CN2CCC([C@@H]3CNC[C@H]3CO)CC2)c(OC)c1.Cl. The number of aliphatic hydroxyl groups excluding tert-OH is 1. The van der Waals surface area contributed by atoms with E-state index in [4.69, 9.17) is 9.47 Å². The van der Waals surface area contributed by atoms with Crippen molar-refractivity contribution in [3.63, 3.8) is 0 Å². The van der Waals surface area contributed by atoms with Crippen LogP contribution in [0.15, 0.2) is 18.2 Å². The van der Waals surface area contributed by atoms with Crippen molar-refractivity contribution in [2.75, 3.05) is 47.0 Å². The number of nitrogens with zero attached hydrogens (tertiary/aromatic N) is 1. The second-order valence-electron chi connectivity index (χ2n) is 7.06. The molecular formula is C19H31ClN2O3. The number of piperidine rings is 1. The van der Waals surface area contributed by atoms with Crippen LogP contribution in [0.25, 0.3) is 0 Å². The van der Waals surface area contributed by atoms with E-state index in [1.807, 2.05) is 12.1 Å². The van der Waals surface area contributed by atoms with E-state index in [0.29, 0.717) is 18.4 Å². The minimum absolute atomic E-state index is 0. The first kappa shape index (κ1) is 20.3. The molecule has 3 rings (SSSR count). The van der Waals surface area contributed by atoms with Crippen LogP contribution in [0.5, 0.6) is 11.5 Å². The van der Waals surface area contributed by atoms with Gasteiger partial charge in [-0.05, 0) is 56.3 Å². The largest absolute Gasteiger partial charge is 0.497 e. The minimum Gasteiger partial charge on any atom is -0.497 e. The Morgan fingerprint density at radius 3 is 2.56 bits per heavy atom. The van der Waals surface area contributed by atoms with Crippen LogP contribution in [0.2, 0.25) is 0 Å². The first-order valence-electron chi connectivity index (χ1n) is 9.00. The lowest BCUT2D eigenvalue weighted by atomic mass is 9.79. The van der Waals surface area contributed by atoms with Gasteiger partial charge in [0.05, 0.1) is 14.2 Å². The molecule has 2 atom stereocenters. The number of hydrogen-bond acceptors (Lipinski definition) is 5. The fraction of sp³-hybridized carbons (Fsp3) is 0.684. The zero-order valence-corrected chi connectivity index (χ0v) is 16.1. The Labute approximate surface area is 157 Å². The molecule has 1 aromatic rings. The molecule has 0 amide bonds. The maximum Gasteiger partial charge on any atom is 0.127 e. The van der Waals surface area contributed by atoms with Crippen LogP contribution in [-0.2, 0) is 6.54 Å².